The van der Waals surface area contributed by atoms with Crippen molar-refractivity contribution in [2.24, 2.45) is 0 Å². The van der Waals surface area contributed by atoms with Gasteiger partial charge in [0.2, 0.25) is 0 Å². The molecule has 6 heteroatoms. The molecule has 0 aromatic carbocycles. The maximum atomic E-state index is 12.4. The van der Waals surface area contributed by atoms with Gasteiger partial charge in [0.1, 0.15) is 5.60 Å². The Balaban J connectivity index is 1.89. The van der Waals surface area contributed by atoms with Gasteiger partial charge in [-0.2, -0.15) is 0 Å². The van der Waals surface area contributed by atoms with Crippen molar-refractivity contribution in [3.05, 3.63) is 0 Å². The average molecular weight is 297 g/mol. The summed E-state index contributed by atoms with van der Waals surface area (Å²) in [5.74, 6) is 0. The molecule has 0 spiro atoms. The summed E-state index contributed by atoms with van der Waals surface area (Å²) in [6.45, 7) is 11.0. The van der Waals surface area contributed by atoms with E-state index in [1.165, 1.54) is 0 Å². The smallest absolute Gasteiger partial charge is 0.410 e. The molecule has 2 aliphatic rings. The van der Waals surface area contributed by atoms with Gasteiger partial charge in [-0.15, -0.1) is 0 Å². The van der Waals surface area contributed by atoms with Crippen LogP contribution < -0.4 is 0 Å². The Kier molecular flexibility index (Phi) is 4.64. The molecular formula is C15H27N3O3. The molecule has 2 rings (SSSR count). The van der Waals surface area contributed by atoms with E-state index in [-0.39, 0.29) is 18.2 Å². The standard InChI is InChI=1S/C15H27N3O3/c1-12-11-17(14(20)21-15(2,3)4)9-10-18(12)13(19)16-7-5-6-8-16/h12H,5-11H2,1-4H3. The number of carbonyl (C=O) groups is 2. The number of hydrogen-bond acceptors (Lipinski definition) is 3. The van der Waals surface area contributed by atoms with Crippen molar-refractivity contribution in [2.75, 3.05) is 32.7 Å². The van der Waals surface area contributed by atoms with Crippen molar-refractivity contribution in [3.8, 4) is 0 Å². The Morgan fingerprint density at radius 3 is 2.14 bits per heavy atom. The van der Waals surface area contributed by atoms with Crippen LogP contribution in [0.15, 0.2) is 0 Å². The van der Waals surface area contributed by atoms with Gasteiger partial charge in [0.25, 0.3) is 0 Å². The molecule has 1 unspecified atom stereocenters. The SMILES string of the molecule is CC1CN(C(=O)OC(C)(C)C)CCN1C(=O)N1CCCC1. The molecule has 0 aromatic heterocycles. The van der Waals surface area contributed by atoms with E-state index in [1.54, 1.807) is 4.90 Å². The second kappa shape index (κ2) is 6.12. The van der Waals surface area contributed by atoms with Crippen molar-refractivity contribution in [1.29, 1.82) is 0 Å². The van der Waals surface area contributed by atoms with Crippen LogP contribution in [0.25, 0.3) is 0 Å². The first kappa shape index (κ1) is 15.9. The molecule has 0 N–H and O–H groups in total. The van der Waals surface area contributed by atoms with Gasteiger partial charge in [0, 0.05) is 38.8 Å². The third kappa shape index (κ3) is 4.02. The van der Waals surface area contributed by atoms with Crippen LogP contribution in [0.2, 0.25) is 0 Å². The predicted molar refractivity (Wildman–Crippen MR) is 80.2 cm³/mol. The third-order valence-electron chi connectivity index (χ3n) is 3.90. The summed E-state index contributed by atoms with van der Waals surface area (Å²) >= 11 is 0. The number of rotatable bonds is 0. The Morgan fingerprint density at radius 1 is 1.00 bits per heavy atom. The van der Waals surface area contributed by atoms with Gasteiger partial charge in [-0.1, -0.05) is 0 Å². The number of amides is 3. The zero-order valence-electron chi connectivity index (χ0n) is 13.6. The number of urea groups is 1. The van der Waals surface area contributed by atoms with Crippen molar-refractivity contribution < 1.29 is 14.3 Å². The van der Waals surface area contributed by atoms with E-state index in [9.17, 15) is 9.59 Å². The molecule has 120 valence electrons. The number of piperazine rings is 1. The molecular weight excluding hydrogens is 270 g/mol. The fourth-order valence-corrected chi connectivity index (χ4v) is 2.82. The summed E-state index contributed by atoms with van der Waals surface area (Å²) in [4.78, 5) is 30.0. The highest BCUT2D eigenvalue weighted by Gasteiger charge is 2.34. The normalized spacial score (nSPS) is 23.4. The number of nitrogens with zero attached hydrogens (tertiary/aromatic N) is 3. The predicted octanol–water partition coefficient (Wildman–Crippen LogP) is 2.14. The van der Waals surface area contributed by atoms with Crippen LogP contribution >= 0.6 is 0 Å². The summed E-state index contributed by atoms with van der Waals surface area (Å²) in [6, 6.07) is 0.142. The fourth-order valence-electron chi connectivity index (χ4n) is 2.82. The highest BCUT2D eigenvalue weighted by Crippen LogP contribution is 2.18. The second-order valence-corrected chi connectivity index (χ2v) is 6.95. The van der Waals surface area contributed by atoms with Crippen molar-refractivity contribution in [1.82, 2.24) is 14.7 Å². The van der Waals surface area contributed by atoms with Crippen molar-refractivity contribution >= 4 is 12.1 Å². The van der Waals surface area contributed by atoms with E-state index >= 15 is 0 Å². The van der Waals surface area contributed by atoms with E-state index in [1.807, 2.05) is 37.5 Å². The van der Waals surface area contributed by atoms with Crippen LogP contribution in [0.1, 0.15) is 40.5 Å². The van der Waals surface area contributed by atoms with Gasteiger partial charge in [-0.3, -0.25) is 0 Å². The molecule has 0 saturated carbocycles. The molecule has 0 aromatic rings. The first-order valence-electron chi connectivity index (χ1n) is 7.81. The highest BCUT2D eigenvalue weighted by atomic mass is 16.6. The molecule has 0 bridgehead atoms. The minimum atomic E-state index is -0.483. The zero-order chi connectivity index (χ0) is 15.6. The largest absolute Gasteiger partial charge is 0.444 e. The van der Waals surface area contributed by atoms with Gasteiger partial charge in [-0.05, 0) is 40.5 Å². The first-order chi connectivity index (χ1) is 9.78. The quantitative estimate of drug-likeness (QED) is 0.688. The number of hydrogen-bond donors (Lipinski definition) is 0. The average Bonchev–Trinajstić information content (AvgIpc) is 2.89. The van der Waals surface area contributed by atoms with Crippen LogP contribution in [0, 0.1) is 0 Å². The van der Waals surface area contributed by atoms with E-state index in [0.29, 0.717) is 19.6 Å². The monoisotopic (exact) mass is 297 g/mol. The number of carbonyl (C=O) groups excluding carboxylic acids is 2. The van der Waals surface area contributed by atoms with E-state index in [2.05, 4.69) is 0 Å². The van der Waals surface area contributed by atoms with Gasteiger partial charge >= 0.3 is 12.1 Å². The highest BCUT2D eigenvalue weighted by molar-refractivity contribution is 5.76. The van der Waals surface area contributed by atoms with Crippen molar-refractivity contribution in [2.45, 2.75) is 52.2 Å². The van der Waals surface area contributed by atoms with Gasteiger partial charge in [-0.25, -0.2) is 9.59 Å². The minimum Gasteiger partial charge on any atom is -0.444 e. The summed E-state index contributed by atoms with van der Waals surface area (Å²) in [5, 5.41) is 0. The van der Waals surface area contributed by atoms with Crippen LogP contribution in [0.3, 0.4) is 0 Å². The van der Waals surface area contributed by atoms with E-state index < -0.39 is 5.60 Å². The Labute approximate surface area is 127 Å². The molecule has 2 saturated heterocycles. The lowest BCUT2D eigenvalue weighted by Gasteiger charge is -2.41. The molecule has 2 heterocycles. The summed E-state index contributed by atoms with van der Waals surface area (Å²) in [6.07, 6.45) is 1.90. The lowest BCUT2D eigenvalue weighted by Crippen LogP contribution is -2.58. The Hall–Kier alpha value is -1.46. The first-order valence-corrected chi connectivity index (χ1v) is 7.81. The number of ether oxygens (including phenoxy) is 1. The Bertz CT molecular complexity index is 399. The summed E-state index contributed by atoms with van der Waals surface area (Å²) in [7, 11) is 0. The molecule has 6 nitrogen and oxygen atoms in total. The van der Waals surface area contributed by atoms with Gasteiger partial charge in [0.15, 0.2) is 0 Å². The summed E-state index contributed by atoms with van der Waals surface area (Å²) in [5.41, 5.74) is -0.483. The maximum absolute atomic E-state index is 12.4. The maximum Gasteiger partial charge on any atom is 0.410 e. The van der Waals surface area contributed by atoms with E-state index in [4.69, 9.17) is 4.74 Å². The topological polar surface area (TPSA) is 53.1 Å². The van der Waals surface area contributed by atoms with Crippen LogP contribution in [0.4, 0.5) is 9.59 Å². The lowest BCUT2D eigenvalue weighted by atomic mass is 10.2. The third-order valence-corrected chi connectivity index (χ3v) is 3.90. The molecule has 2 aliphatic heterocycles. The molecule has 0 radical (unpaired) electrons. The molecule has 21 heavy (non-hydrogen) atoms. The minimum absolute atomic E-state index is 0.0272. The molecule has 0 aliphatic carbocycles. The van der Waals surface area contributed by atoms with E-state index in [0.717, 1.165) is 25.9 Å². The summed E-state index contributed by atoms with van der Waals surface area (Å²) < 4.78 is 5.39. The molecule has 1 atom stereocenters. The number of likely N-dealkylation sites (tertiary alicyclic amines) is 1. The van der Waals surface area contributed by atoms with Gasteiger partial charge < -0.3 is 19.4 Å². The fraction of sp³-hybridized carbons (Fsp3) is 0.867. The van der Waals surface area contributed by atoms with Crippen molar-refractivity contribution in [3.63, 3.8) is 0 Å². The van der Waals surface area contributed by atoms with Gasteiger partial charge in [0.05, 0.1) is 0 Å². The Morgan fingerprint density at radius 2 is 1.62 bits per heavy atom. The van der Waals surface area contributed by atoms with Crippen LogP contribution in [0.5, 0.6) is 0 Å². The lowest BCUT2D eigenvalue weighted by molar-refractivity contribution is 0.00880. The molecule has 2 fully saturated rings. The van der Waals surface area contributed by atoms with Crippen LogP contribution in [-0.2, 0) is 4.74 Å². The molecule has 3 amide bonds. The second-order valence-electron chi connectivity index (χ2n) is 6.95. The zero-order valence-corrected chi connectivity index (χ0v) is 13.6. The van der Waals surface area contributed by atoms with Crippen LogP contribution in [-0.4, -0.2) is 71.2 Å².